The smallest absolute Gasteiger partial charge is 0.182 e. The molecule has 3 unspecified atom stereocenters. The van der Waals surface area contributed by atoms with E-state index in [2.05, 4.69) is 15.1 Å². The van der Waals surface area contributed by atoms with Crippen molar-refractivity contribution in [2.75, 3.05) is 6.61 Å². The zero-order valence-corrected chi connectivity index (χ0v) is 17.4. The molecule has 156 valence electrons. The van der Waals surface area contributed by atoms with E-state index >= 15 is 0 Å². The van der Waals surface area contributed by atoms with E-state index in [0.29, 0.717) is 26.8 Å². The molecule has 0 amide bonds. The van der Waals surface area contributed by atoms with Gasteiger partial charge in [0.05, 0.1) is 33.4 Å². The van der Waals surface area contributed by atoms with E-state index in [1.54, 1.807) is 30.3 Å². The van der Waals surface area contributed by atoms with Gasteiger partial charge in [0.1, 0.15) is 29.5 Å². The summed E-state index contributed by atoms with van der Waals surface area (Å²) >= 11 is 18.2. The minimum Gasteiger partial charge on any atom is -0.394 e. The predicted molar refractivity (Wildman–Crippen MR) is 113 cm³/mol. The summed E-state index contributed by atoms with van der Waals surface area (Å²) in [5, 5.41) is 45.2. The maximum atomic E-state index is 10.6. The first-order valence-corrected chi connectivity index (χ1v) is 9.90. The molecule has 2 heterocycles. The van der Waals surface area contributed by atoms with Crippen LogP contribution < -0.4 is 0 Å². The number of aliphatic hydroxyl groups is 4. The molecule has 0 aliphatic carbocycles. The fourth-order valence-corrected chi connectivity index (χ4v) is 3.45. The number of benzene rings is 2. The van der Waals surface area contributed by atoms with Crippen molar-refractivity contribution in [3.05, 3.63) is 57.2 Å². The van der Waals surface area contributed by atoms with Gasteiger partial charge in [-0.1, -0.05) is 34.8 Å². The second kappa shape index (κ2) is 8.24. The molecule has 0 spiro atoms. The maximum absolute atomic E-state index is 10.6. The Kier molecular flexibility index (Phi) is 5.82. The minimum atomic E-state index is -1.70. The van der Waals surface area contributed by atoms with Crippen molar-refractivity contribution >= 4 is 57.0 Å². The molecule has 0 saturated carbocycles. The van der Waals surface area contributed by atoms with E-state index in [1.807, 2.05) is 0 Å². The zero-order valence-electron chi connectivity index (χ0n) is 15.1. The van der Waals surface area contributed by atoms with Crippen LogP contribution in [0.1, 0.15) is 11.8 Å². The molecule has 2 aromatic carbocycles. The Morgan fingerprint density at radius 1 is 0.900 bits per heavy atom. The Labute approximate surface area is 184 Å². The normalized spacial score (nSPS) is 14.9. The van der Waals surface area contributed by atoms with Crippen LogP contribution in [0.4, 0.5) is 0 Å². The monoisotopic (exact) mass is 468 g/mol. The number of aliphatic hydroxyl groups excluding tert-OH is 4. The Hall–Kier alpha value is -2.04. The van der Waals surface area contributed by atoms with Gasteiger partial charge < -0.3 is 20.4 Å². The van der Waals surface area contributed by atoms with Crippen LogP contribution in [0.3, 0.4) is 0 Å². The van der Waals surface area contributed by atoms with Gasteiger partial charge in [-0.3, -0.25) is 0 Å². The standard InChI is InChI=1S/C19H15Cl3N4O4/c20-8-1-3-9(4-2-8)26-19-16(15(25-26)18(30)17(29)14(28)7-27)23-12-5-10(21)11(22)6-13(12)24-19/h1-6,14,17-18,27-30H,7H2. The average molecular weight is 470 g/mol. The summed E-state index contributed by atoms with van der Waals surface area (Å²) in [4.78, 5) is 9.06. The van der Waals surface area contributed by atoms with E-state index in [-0.39, 0.29) is 21.9 Å². The van der Waals surface area contributed by atoms with Gasteiger partial charge in [-0.25, -0.2) is 14.6 Å². The molecule has 4 aromatic rings. The fourth-order valence-electron chi connectivity index (χ4n) is 3.01. The number of rotatable bonds is 5. The van der Waals surface area contributed by atoms with E-state index in [9.17, 15) is 15.3 Å². The van der Waals surface area contributed by atoms with Gasteiger partial charge in [0.15, 0.2) is 5.65 Å². The van der Waals surface area contributed by atoms with Crippen molar-refractivity contribution in [2.24, 2.45) is 0 Å². The number of nitrogens with zero attached hydrogens (tertiary/aromatic N) is 4. The van der Waals surface area contributed by atoms with Crippen LogP contribution >= 0.6 is 34.8 Å². The fraction of sp³-hybridized carbons (Fsp3) is 0.211. The number of fused-ring (bicyclic) bond motifs is 2. The second-order valence-corrected chi connectivity index (χ2v) is 7.86. The number of hydrogen-bond donors (Lipinski definition) is 4. The van der Waals surface area contributed by atoms with Gasteiger partial charge in [0.2, 0.25) is 0 Å². The summed E-state index contributed by atoms with van der Waals surface area (Å²) in [7, 11) is 0. The van der Waals surface area contributed by atoms with Crippen molar-refractivity contribution in [3.8, 4) is 5.69 Å². The van der Waals surface area contributed by atoms with Crippen LogP contribution in [-0.4, -0.2) is 59.0 Å². The highest BCUT2D eigenvalue weighted by Gasteiger charge is 2.31. The Morgan fingerprint density at radius 2 is 1.50 bits per heavy atom. The molecule has 11 heteroatoms. The summed E-state index contributed by atoms with van der Waals surface area (Å²) < 4.78 is 1.43. The zero-order chi connectivity index (χ0) is 21.6. The summed E-state index contributed by atoms with van der Waals surface area (Å²) in [6, 6.07) is 9.81. The van der Waals surface area contributed by atoms with Gasteiger partial charge >= 0.3 is 0 Å². The van der Waals surface area contributed by atoms with Crippen molar-refractivity contribution < 1.29 is 20.4 Å². The van der Waals surface area contributed by atoms with E-state index < -0.39 is 24.9 Å². The molecule has 0 fully saturated rings. The molecular formula is C19H15Cl3N4O4. The van der Waals surface area contributed by atoms with Gasteiger partial charge in [-0.05, 0) is 36.4 Å². The topological polar surface area (TPSA) is 125 Å². The SMILES string of the molecule is OCC(O)C(O)C(O)c1nn(-c2ccc(Cl)cc2)c2nc3cc(Cl)c(Cl)cc3nc12. The molecule has 0 radical (unpaired) electrons. The predicted octanol–water partition coefficient (Wildman–Crippen LogP) is 2.68. The lowest BCUT2D eigenvalue weighted by molar-refractivity contribution is -0.0786. The van der Waals surface area contributed by atoms with Gasteiger partial charge in [-0.2, -0.15) is 5.10 Å². The van der Waals surface area contributed by atoms with Crippen LogP contribution in [0.2, 0.25) is 15.1 Å². The number of aromatic nitrogens is 4. The second-order valence-electron chi connectivity index (χ2n) is 6.61. The van der Waals surface area contributed by atoms with Crippen molar-refractivity contribution in [1.82, 2.24) is 19.7 Å². The summed E-state index contributed by atoms with van der Waals surface area (Å²) in [5.74, 6) is 0. The summed E-state index contributed by atoms with van der Waals surface area (Å²) in [6.45, 7) is -0.739. The van der Waals surface area contributed by atoms with Crippen LogP contribution in [-0.2, 0) is 0 Å². The third kappa shape index (κ3) is 3.72. The molecule has 2 aromatic heterocycles. The van der Waals surface area contributed by atoms with Crippen molar-refractivity contribution in [2.45, 2.75) is 18.3 Å². The molecule has 0 aliphatic heterocycles. The van der Waals surface area contributed by atoms with Crippen molar-refractivity contribution in [3.63, 3.8) is 0 Å². The highest BCUT2D eigenvalue weighted by molar-refractivity contribution is 6.42. The lowest BCUT2D eigenvalue weighted by atomic mass is 10.1. The molecule has 0 aliphatic rings. The lowest BCUT2D eigenvalue weighted by Gasteiger charge is -2.20. The Morgan fingerprint density at radius 3 is 2.10 bits per heavy atom. The van der Waals surface area contributed by atoms with Crippen LogP contribution in [0, 0.1) is 0 Å². The first-order valence-electron chi connectivity index (χ1n) is 8.76. The van der Waals surface area contributed by atoms with Crippen LogP contribution in [0.15, 0.2) is 36.4 Å². The van der Waals surface area contributed by atoms with E-state index in [4.69, 9.17) is 39.9 Å². The molecule has 0 bridgehead atoms. The van der Waals surface area contributed by atoms with Crippen molar-refractivity contribution in [1.29, 1.82) is 0 Å². The maximum Gasteiger partial charge on any atom is 0.182 e. The third-order valence-corrected chi connectivity index (χ3v) is 5.57. The quantitative estimate of drug-likeness (QED) is 0.354. The van der Waals surface area contributed by atoms with Crippen LogP contribution in [0.5, 0.6) is 0 Å². The molecular weight excluding hydrogens is 455 g/mol. The van der Waals surface area contributed by atoms with E-state index in [0.717, 1.165) is 0 Å². The average Bonchev–Trinajstić information content (AvgIpc) is 3.10. The Balaban J connectivity index is 1.99. The molecule has 3 atom stereocenters. The van der Waals surface area contributed by atoms with Gasteiger partial charge in [0, 0.05) is 5.02 Å². The van der Waals surface area contributed by atoms with Gasteiger partial charge in [0.25, 0.3) is 0 Å². The van der Waals surface area contributed by atoms with E-state index in [1.165, 1.54) is 10.7 Å². The van der Waals surface area contributed by atoms with Crippen LogP contribution in [0.25, 0.3) is 27.9 Å². The largest absolute Gasteiger partial charge is 0.394 e. The summed E-state index contributed by atoms with van der Waals surface area (Å²) in [5.41, 5.74) is 1.87. The molecule has 4 rings (SSSR count). The molecule has 0 saturated heterocycles. The summed E-state index contributed by atoms with van der Waals surface area (Å²) in [6.07, 6.45) is -4.91. The lowest BCUT2D eigenvalue weighted by Crippen LogP contribution is -2.35. The molecule has 30 heavy (non-hydrogen) atoms. The molecule has 8 nitrogen and oxygen atoms in total. The first kappa shape index (κ1) is 21.2. The van der Waals surface area contributed by atoms with Gasteiger partial charge in [-0.15, -0.1) is 0 Å². The Bertz CT molecular complexity index is 1230. The number of halogens is 3. The third-order valence-electron chi connectivity index (χ3n) is 4.59. The number of hydrogen-bond acceptors (Lipinski definition) is 7. The highest BCUT2D eigenvalue weighted by Crippen LogP contribution is 2.31. The minimum absolute atomic E-state index is 0.0274. The highest BCUT2D eigenvalue weighted by atomic mass is 35.5. The molecule has 4 N–H and O–H groups in total. The first-order chi connectivity index (χ1) is 14.3.